The molecule has 0 bridgehead atoms. The SMILES string of the molecule is CN(Cc1nc(-c2ccc(Cl)cc2)no1)C(=O)c1ccccc1Br. The van der Waals surface area contributed by atoms with Crippen LogP contribution in [0.1, 0.15) is 16.2 Å². The van der Waals surface area contributed by atoms with Gasteiger partial charge in [0.05, 0.1) is 12.1 Å². The van der Waals surface area contributed by atoms with E-state index >= 15 is 0 Å². The molecule has 0 aliphatic carbocycles. The lowest BCUT2D eigenvalue weighted by atomic mass is 10.2. The van der Waals surface area contributed by atoms with Gasteiger partial charge in [-0.2, -0.15) is 4.98 Å². The first kappa shape index (κ1) is 16.7. The van der Waals surface area contributed by atoms with Crippen LogP contribution >= 0.6 is 27.5 Å². The van der Waals surface area contributed by atoms with Gasteiger partial charge in [0.25, 0.3) is 5.91 Å². The molecular formula is C17H13BrClN3O2. The molecule has 3 rings (SSSR count). The second-order valence-electron chi connectivity index (χ2n) is 5.16. The Hall–Kier alpha value is -2.18. The lowest BCUT2D eigenvalue weighted by Gasteiger charge is -2.15. The predicted octanol–water partition coefficient (Wildman–Crippen LogP) is 4.42. The number of rotatable bonds is 4. The zero-order valence-corrected chi connectivity index (χ0v) is 15.1. The zero-order valence-electron chi connectivity index (χ0n) is 12.7. The van der Waals surface area contributed by atoms with Crippen LogP contribution in [0, 0.1) is 0 Å². The van der Waals surface area contributed by atoms with Crippen LogP contribution < -0.4 is 0 Å². The smallest absolute Gasteiger partial charge is 0.255 e. The van der Waals surface area contributed by atoms with E-state index in [0.29, 0.717) is 22.3 Å². The van der Waals surface area contributed by atoms with Crippen molar-refractivity contribution in [1.29, 1.82) is 0 Å². The summed E-state index contributed by atoms with van der Waals surface area (Å²) in [5, 5.41) is 4.58. The van der Waals surface area contributed by atoms with Crippen LogP contribution in [0.5, 0.6) is 0 Å². The average molecular weight is 407 g/mol. The fourth-order valence-electron chi connectivity index (χ4n) is 2.15. The third-order valence-corrected chi connectivity index (χ3v) is 4.34. The summed E-state index contributed by atoms with van der Waals surface area (Å²) in [4.78, 5) is 18.3. The van der Waals surface area contributed by atoms with E-state index in [0.717, 1.165) is 10.0 Å². The molecule has 1 amide bonds. The molecule has 0 spiro atoms. The Morgan fingerprint density at radius 3 is 2.62 bits per heavy atom. The van der Waals surface area contributed by atoms with Crippen molar-refractivity contribution in [3.8, 4) is 11.4 Å². The number of hydrogen-bond donors (Lipinski definition) is 0. The number of carbonyl (C=O) groups is 1. The molecule has 24 heavy (non-hydrogen) atoms. The maximum absolute atomic E-state index is 12.5. The van der Waals surface area contributed by atoms with Crippen molar-refractivity contribution >= 4 is 33.4 Å². The largest absolute Gasteiger partial charge is 0.337 e. The minimum absolute atomic E-state index is 0.131. The molecular weight excluding hydrogens is 394 g/mol. The highest BCUT2D eigenvalue weighted by atomic mass is 79.9. The van der Waals surface area contributed by atoms with Gasteiger partial charge in [-0.1, -0.05) is 28.9 Å². The summed E-state index contributed by atoms with van der Waals surface area (Å²) in [6, 6.07) is 14.4. The van der Waals surface area contributed by atoms with Crippen molar-refractivity contribution in [3.05, 3.63) is 69.5 Å². The summed E-state index contributed by atoms with van der Waals surface area (Å²) in [5.41, 5.74) is 1.38. The predicted molar refractivity (Wildman–Crippen MR) is 94.7 cm³/mol. The molecule has 0 radical (unpaired) electrons. The molecule has 2 aromatic carbocycles. The van der Waals surface area contributed by atoms with Gasteiger partial charge in [-0.3, -0.25) is 4.79 Å². The van der Waals surface area contributed by atoms with Crippen LogP contribution in [-0.2, 0) is 6.54 Å². The highest BCUT2D eigenvalue weighted by Crippen LogP contribution is 2.20. The third kappa shape index (κ3) is 3.66. The number of amides is 1. The number of carbonyl (C=O) groups excluding carboxylic acids is 1. The van der Waals surface area contributed by atoms with E-state index in [-0.39, 0.29) is 12.5 Å². The van der Waals surface area contributed by atoms with Crippen molar-refractivity contribution < 1.29 is 9.32 Å². The summed E-state index contributed by atoms with van der Waals surface area (Å²) in [5.74, 6) is 0.694. The molecule has 0 saturated carbocycles. The fourth-order valence-corrected chi connectivity index (χ4v) is 2.73. The highest BCUT2D eigenvalue weighted by molar-refractivity contribution is 9.10. The number of benzene rings is 2. The quantitative estimate of drug-likeness (QED) is 0.643. The molecule has 7 heteroatoms. The van der Waals surface area contributed by atoms with Gasteiger partial charge in [0, 0.05) is 22.1 Å². The zero-order chi connectivity index (χ0) is 17.1. The van der Waals surface area contributed by atoms with E-state index in [1.54, 1.807) is 25.2 Å². The summed E-state index contributed by atoms with van der Waals surface area (Å²) in [7, 11) is 1.69. The van der Waals surface area contributed by atoms with Crippen molar-refractivity contribution in [2.75, 3.05) is 7.05 Å². The van der Waals surface area contributed by atoms with E-state index in [1.165, 1.54) is 4.90 Å². The van der Waals surface area contributed by atoms with Crippen LogP contribution in [0.15, 0.2) is 57.5 Å². The van der Waals surface area contributed by atoms with Crippen LogP contribution in [0.2, 0.25) is 5.02 Å². The molecule has 0 aliphatic rings. The first-order chi connectivity index (χ1) is 11.5. The van der Waals surface area contributed by atoms with E-state index < -0.39 is 0 Å². The van der Waals surface area contributed by atoms with Crippen LogP contribution in [0.25, 0.3) is 11.4 Å². The number of nitrogens with zero attached hydrogens (tertiary/aromatic N) is 3. The van der Waals surface area contributed by atoms with E-state index in [2.05, 4.69) is 26.1 Å². The summed E-state index contributed by atoms with van der Waals surface area (Å²) >= 11 is 9.25. The Morgan fingerprint density at radius 2 is 1.92 bits per heavy atom. The minimum atomic E-state index is -0.131. The highest BCUT2D eigenvalue weighted by Gasteiger charge is 2.17. The van der Waals surface area contributed by atoms with Gasteiger partial charge < -0.3 is 9.42 Å². The molecule has 122 valence electrons. The molecule has 1 heterocycles. The molecule has 0 fully saturated rings. The van der Waals surface area contributed by atoms with Crippen LogP contribution in [0.3, 0.4) is 0 Å². The molecule has 5 nitrogen and oxygen atoms in total. The van der Waals surface area contributed by atoms with E-state index in [4.69, 9.17) is 16.1 Å². The molecule has 0 N–H and O–H groups in total. The molecule has 0 aliphatic heterocycles. The Bertz CT molecular complexity index is 864. The molecule has 0 atom stereocenters. The maximum atomic E-state index is 12.5. The van der Waals surface area contributed by atoms with Gasteiger partial charge >= 0.3 is 0 Å². The summed E-state index contributed by atoms with van der Waals surface area (Å²) in [6.45, 7) is 0.223. The molecule has 3 aromatic rings. The average Bonchev–Trinajstić information content (AvgIpc) is 3.04. The number of hydrogen-bond acceptors (Lipinski definition) is 4. The fraction of sp³-hybridized carbons (Fsp3) is 0.118. The van der Waals surface area contributed by atoms with Crippen molar-refractivity contribution in [2.45, 2.75) is 6.54 Å². The molecule has 0 unspecified atom stereocenters. The number of aromatic nitrogens is 2. The Kier molecular flexibility index (Phi) is 4.97. The van der Waals surface area contributed by atoms with Crippen molar-refractivity contribution in [1.82, 2.24) is 15.0 Å². The first-order valence-electron chi connectivity index (χ1n) is 7.13. The van der Waals surface area contributed by atoms with Crippen LogP contribution in [0.4, 0.5) is 0 Å². The maximum Gasteiger partial charge on any atom is 0.255 e. The minimum Gasteiger partial charge on any atom is -0.337 e. The normalized spacial score (nSPS) is 10.6. The Balaban J connectivity index is 1.73. The topological polar surface area (TPSA) is 59.2 Å². The Labute approximate surface area is 152 Å². The lowest BCUT2D eigenvalue weighted by Crippen LogP contribution is -2.26. The monoisotopic (exact) mass is 405 g/mol. The van der Waals surface area contributed by atoms with E-state index in [9.17, 15) is 4.79 Å². The van der Waals surface area contributed by atoms with Gasteiger partial charge in [0.2, 0.25) is 11.7 Å². The van der Waals surface area contributed by atoms with Gasteiger partial charge in [-0.05, 0) is 52.3 Å². The van der Waals surface area contributed by atoms with E-state index in [1.807, 2.05) is 30.3 Å². The number of halogens is 2. The van der Waals surface area contributed by atoms with Gasteiger partial charge in [0.15, 0.2) is 0 Å². The second-order valence-corrected chi connectivity index (χ2v) is 6.45. The molecule has 1 aromatic heterocycles. The van der Waals surface area contributed by atoms with Gasteiger partial charge in [-0.25, -0.2) is 0 Å². The van der Waals surface area contributed by atoms with Crippen LogP contribution in [-0.4, -0.2) is 28.0 Å². The molecule has 0 saturated heterocycles. The third-order valence-electron chi connectivity index (χ3n) is 3.39. The van der Waals surface area contributed by atoms with Crippen molar-refractivity contribution in [3.63, 3.8) is 0 Å². The summed E-state index contributed by atoms with van der Waals surface area (Å²) in [6.07, 6.45) is 0. The van der Waals surface area contributed by atoms with Crippen molar-refractivity contribution in [2.24, 2.45) is 0 Å². The standard InChI is InChI=1S/C17H13BrClN3O2/c1-22(17(23)13-4-2-3-5-14(13)18)10-15-20-16(21-24-15)11-6-8-12(19)9-7-11/h2-9H,10H2,1H3. The Morgan fingerprint density at radius 1 is 1.21 bits per heavy atom. The first-order valence-corrected chi connectivity index (χ1v) is 8.30. The lowest BCUT2D eigenvalue weighted by molar-refractivity contribution is 0.0768. The van der Waals surface area contributed by atoms with Gasteiger partial charge in [0.1, 0.15) is 0 Å². The summed E-state index contributed by atoms with van der Waals surface area (Å²) < 4.78 is 5.98. The second kappa shape index (κ2) is 7.15. The van der Waals surface area contributed by atoms with Gasteiger partial charge in [-0.15, -0.1) is 0 Å².